The molecule has 0 bridgehead atoms. The molecule has 1 atom stereocenters. The van der Waals surface area contributed by atoms with Gasteiger partial charge in [0.05, 0.1) is 10.9 Å². The number of carbonyl (C=O) groups is 2. The molecule has 7 nitrogen and oxygen atoms in total. The largest absolute Gasteiger partial charge is 0.336 e. The first-order valence-electron chi connectivity index (χ1n) is 8.41. The highest BCUT2D eigenvalue weighted by Crippen LogP contribution is 2.40. The van der Waals surface area contributed by atoms with Gasteiger partial charge < -0.3 is 5.32 Å². The summed E-state index contributed by atoms with van der Waals surface area (Å²) in [4.78, 5) is 30.0. The fourth-order valence-electron chi connectivity index (χ4n) is 2.83. The van der Waals surface area contributed by atoms with E-state index in [0.717, 1.165) is 24.4 Å². The number of amides is 3. The number of hydrogen-bond acceptors (Lipinski definition) is 5. The third-order valence-electron chi connectivity index (χ3n) is 4.31. The molecular formula is C17H19N5O2S. The van der Waals surface area contributed by atoms with E-state index in [0.29, 0.717) is 24.2 Å². The maximum Gasteiger partial charge on any atom is 0.324 e. The quantitative estimate of drug-likeness (QED) is 0.830. The zero-order chi connectivity index (χ0) is 17.4. The van der Waals surface area contributed by atoms with E-state index < -0.39 is 5.25 Å². The van der Waals surface area contributed by atoms with E-state index >= 15 is 0 Å². The molecule has 3 amide bonds. The fraction of sp³-hybridized carbons (Fsp3) is 0.412. The molecule has 8 heteroatoms. The van der Waals surface area contributed by atoms with Gasteiger partial charge in [-0.2, -0.15) is 0 Å². The molecule has 1 aromatic heterocycles. The van der Waals surface area contributed by atoms with Crippen molar-refractivity contribution in [1.82, 2.24) is 25.0 Å². The van der Waals surface area contributed by atoms with Crippen LogP contribution in [0.25, 0.3) is 5.69 Å². The van der Waals surface area contributed by atoms with Gasteiger partial charge in [0.15, 0.2) is 0 Å². The van der Waals surface area contributed by atoms with E-state index in [9.17, 15) is 9.59 Å². The molecule has 0 radical (unpaired) electrons. The molecule has 0 spiro atoms. The van der Waals surface area contributed by atoms with Crippen molar-refractivity contribution < 1.29 is 9.59 Å². The van der Waals surface area contributed by atoms with Gasteiger partial charge in [0.1, 0.15) is 5.82 Å². The van der Waals surface area contributed by atoms with Gasteiger partial charge in [-0.3, -0.25) is 9.69 Å². The summed E-state index contributed by atoms with van der Waals surface area (Å²) in [5.41, 5.74) is 0.974. The van der Waals surface area contributed by atoms with E-state index in [4.69, 9.17) is 0 Å². The van der Waals surface area contributed by atoms with Crippen LogP contribution in [-0.4, -0.2) is 49.9 Å². The van der Waals surface area contributed by atoms with Gasteiger partial charge >= 0.3 is 6.03 Å². The van der Waals surface area contributed by atoms with Crippen molar-refractivity contribution in [3.63, 3.8) is 0 Å². The van der Waals surface area contributed by atoms with Crippen molar-refractivity contribution in [1.29, 1.82) is 0 Å². The van der Waals surface area contributed by atoms with Gasteiger partial charge in [0.2, 0.25) is 11.1 Å². The average molecular weight is 357 g/mol. The van der Waals surface area contributed by atoms with E-state index in [2.05, 4.69) is 15.4 Å². The number of carbonyl (C=O) groups excluding carboxylic acids is 2. The molecule has 4 rings (SSSR count). The summed E-state index contributed by atoms with van der Waals surface area (Å²) in [5, 5.41) is 7.42. The van der Waals surface area contributed by atoms with Gasteiger partial charge in [-0.1, -0.05) is 30.0 Å². The van der Waals surface area contributed by atoms with Gasteiger partial charge in [-0.25, -0.2) is 14.5 Å². The lowest BCUT2D eigenvalue weighted by Crippen LogP contribution is -2.38. The predicted molar refractivity (Wildman–Crippen MR) is 93.8 cm³/mol. The second-order valence-corrected chi connectivity index (χ2v) is 7.56. The topological polar surface area (TPSA) is 80.1 Å². The number of thioether (sulfide) groups is 1. The minimum absolute atomic E-state index is 0.205. The van der Waals surface area contributed by atoms with Crippen LogP contribution >= 0.6 is 11.8 Å². The van der Waals surface area contributed by atoms with Crippen LogP contribution in [0.15, 0.2) is 35.5 Å². The van der Waals surface area contributed by atoms with Crippen LogP contribution < -0.4 is 5.32 Å². The fourth-order valence-corrected chi connectivity index (χ4v) is 3.65. The number of hydrogen-bond donors (Lipinski definition) is 1. The Hall–Kier alpha value is -2.35. The van der Waals surface area contributed by atoms with Crippen molar-refractivity contribution in [2.24, 2.45) is 0 Å². The van der Waals surface area contributed by atoms with E-state index in [1.54, 1.807) is 6.92 Å². The van der Waals surface area contributed by atoms with Crippen LogP contribution in [0.4, 0.5) is 4.79 Å². The number of rotatable bonds is 5. The Labute approximate surface area is 149 Å². The average Bonchev–Trinajstić information content (AvgIpc) is 3.25. The Balaban J connectivity index is 1.55. The molecule has 2 heterocycles. The standard InChI is InChI=1S/C17H19N5O2S/c1-11(15(23)21-10-9-18-17(21)24)25-16-19-14(12-7-8-12)22(20-16)13-5-3-2-4-6-13/h2-6,11-12H,7-10H2,1H3,(H,18,24)/t11-/m0/s1. The zero-order valence-corrected chi connectivity index (χ0v) is 14.7. The second-order valence-electron chi connectivity index (χ2n) is 6.26. The monoisotopic (exact) mass is 357 g/mol. The molecule has 2 aliphatic rings. The second kappa shape index (κ2) is 6.51. The highest BCUT2D eigenvalue weighted by Gasteiger charge is 2.33. The number of aromatic nitrogens is 3. The Morgan fingerprint density at radius 2 is 2.08 bits per heavy atom. The highest BCUT2D eigenvalue weighted by molar-refractivity contribution is 8.00. The summed E-state index contributed by atoms with van der Waals surface area (Å²) in [6.07, 6.45) is 2.25. The minimum atomic E-state index is -0.414. The SMILES string of the molecule is C[C@H](Sc1nc(C2CC2)n(-c2ccccc2)n1)C(=O)N1CCNC1=O. The lowest BCUT2D eigenvalue weighted by Gasteiger charge is -2.16. The first kappa shape index (κ1) is 16.1. The van der Waals surface area contributed by atoms with Crippen molar-refractivity contribution in [3.8, 4) is 5.69 Å². The van der Waals surface area contributed by atoms with E-state index in [1.807, 2.05) is 35.0 Å². The van der Waals surface area contributed by atoms with Gasteiger partial charge in [0, 0.05) is 19.0 Å². The molecule has 1 N–H and O–H groups in total. The first-order chi connectivity index (χ1) is 12.1. The molecule has 1 aromatic carbocycles. The molecule has 130 valence electrons. The number of para-hydroxylation sites is 1. The van der Waals surface area contributed by atoms with Gasteiger partial charge in [-0.05, 0) is 31.9 Å². The van der Waals surface area contributed by atoms with Crippen LogP contribution in [0.2, 0.25) is 0 Å². The van der Waals surface area contributed by atoms with E-state index in [-0.39, 0.29) is 11.9 Å². The van der Waals surface area contributed by atoms with Crippen LogP contribution in [0.3, 0.4) is 0 Å². The number of nitrogens with one attached hydrogen (secondary N) is 1. The summed E-state index contributed by atoms with van der Waals surface area (Å²) in [6.45, 7) is 2.72. The van der Waals surface area contributed by atoms with Crippen molar-refractivity contribution >= 4 is 23.7 Å². The lowest BCUT2D eigenvalue weighted by molar-refractivity contribution is -0.126. The Morgan fingerprint density at radius 3 is 2.72 bits per heavy atom. The van der Waals surface area contributed by atoms with Gasteiger partial charge in [0.25, 0.3) is 0 Å². The number of benzene rings is 1. The maximum absolute atomic E-state index is 12.4. The summed E-state index contributed by atoms with van der Waals surface area (Å²) in [7, 11) is 0. The minimum Gasteiger partial charge on any atom is -0.336 e. The Kier molecular flexibility index (Phi) is 4.20. The number of imide groups is 1. The summed E-state index contributed by atoms with van der Waals surface area (Å²) < 4.78 is 1.87. The third kappa shape index (κ3) is 3.26. The maximum atomic E-state index is 12.4. The number of urea groups is 1. The molecular weight excluding hydrogens is 338 g/mol. The zero-order valence-electron chi connectivity index (χ0n) is 13.9. The smallest absolute Gasteiger partial charge is 0.324 e. The number of nitrogens with zero attached hydrogens (tertiary/aromatic N) is 4. The molecule has 2 aromatic rings. The molecule has 2 fully saturated rings. The first-order valence-corrected chi connectivity index (χ1v) is 9.29. The summed E-state index contributed by atoms with van der Waals surface area (Å²) >= 11 is 1.30. The van der Waals surface area contributed by atoms with Crippen LogP contribution in [0.1, 0.15) is 31.5 Å². The molecule has 1 aliphatic heterocycles. The summed E-state index contributed by atoms with van der Waals surface area (Å²) in [5.74, 6) is 1.19. The molecule has 1 saturated carbocycles. The van der Waals surface area contributed by atoms with Crippen LogP contribution in [-0.2, 0) is 4.79 Å². The van der Waals surface area contributed by atoms with Crippen molar-refractivity contribution in [2.75, 3.05) is 13.1 Å². The third-order valence-corrected chi connectivity index (χ3v) is 5.25. The van der Waals surface area contributed by atoms with Crippen LogP contribution in [0, 0.1) is 0 Å². The normalized spacial score (nSPS) is 18.3. The molecule has 25 heavy (non-hydrogen) atoms. The molecule has 0 unspecified atom stereocenters. The van der Waals surface area contributed by atoms with E-state index in [1.165, 1.54) is 16.7 Å². The van der Waals surface area contributed by atoms with Crippen LogP contribution in [0.5, 0.6) is 0 Å². The highest BCUT2D eigenvalue weighted by atomic mass is 32.2. The van der Waals surface area contributed by atoms with Crippen molar-refractivity contribution in [3.05, 3.63) is 36.2 Å². The van der Waals surface area contributed by atoms with Gasteiger partial charge in [-0.15, -0.1) is 5.10 Å². The predicted octanol–water partition coefficient (Wildman–Crippen LogP) is 2.18. The lowest BCUT2D eigenvalue weighted by atomic mass is 10.3. The molecule has 1 saturated heterocycles. The molecule has 1 aliphatic carbocycles. The Bertz CT molecular complexity index is 803. The Morgan fingerprint density at radius 1 is 1.32 bits per heavy atom. The summed E-state index contributed by atoms with van der Waals surface area (Å²) in [6, 6.07) is 9.58. The van der Waals surface area contributed by atoms with Crippen molar-refractivity contribution in [2.45, 2.75) is 36.1 Å².